The van der Waals surface area contributed by atoms with Crippen molar-refractivity contribution in [3.05, 3.63) is 29.3 Å². The fourth-order valence-corrected chi connectivity index (χ4v) is 2.32. The van der Waals surface area contributed by atoms with Gasteiger partial charge in [-0.3, -0.25) is 4.79 Å². The maximum atomic E-state index is 11.4. The van der Waals surface area contributed by atoms with Crippen molar-refractivity contribution in [2.75, 3.05) is 26.2 Å². The van der Waals surface area contributed by atoms with E-state index in [9.17, 15) is 15.0 Å². The van der Waals surface area contributed by atoms with E-state index in [1.807, 2.05) is 6.92 Å². The number of phenols is 1. The lowest BCUT2D eigenvalue weighted by atomic mass is 10.0. The zero-order valence-corrected chi connectivity index (χ0v) is 13.1. The summed E-state index contributed by atoms with van der Waals surface area (Å²) < 4.78 is 0. The third kappa shape index (κ3) is 5.36. The highest BCUT2D eigenvalue weighted by molar-refractivity contribution is 5.76. The summed E-state index contributed by atoms with van der Waals surface area (Å²) in [6.07, 6.45) is 0.873. The Morgan fingerprint density at radius 2 is 2.00 bits per heavy atom. The zero-order valence-electron chi connectivity index (χ0n) is 13.1. The Bertz CT molecular complexity index is 459. The Balaban J connectivity index is 2.63. The Hall–Kier alpha value is -1.59. The fourth-order valence-electron chi connectivity index (χ4n) is 2.32. The second-order valence-corrected chi connectivity index (χ2v) is 5.17. The molecule has 3 N–H and O–H groups in total. The van der Waals surface area contributed by atoms with Crippen LogP contribution in [-0.2, 0) is 4.79 Å². The van der Waals surface area contributed by atoms with E-state index in [2.05, 4.69) is 24.1 Å². The van der Waals surface area contributed by atoms with E-state index in [4.69, 9.17) is 0 Å². The van der Waals surface area contributed by atoms with Gasteiger partial charge in [-0.2, -0.15) is 0 Å². The molecule has 0 aromatic heterocycles. The van der Waals surface area contributed by atoms with Gasteiger partial charge < -0.3 is 20.4 Å². The van der Waals surface area contributed by atoms with Gasteiger partial charge in [-0.25, -0.2) is 0 Å². The average Bonchev–Trinajstić information content (AvgIpc) is 2.45. The van der Waals surface area contributed by atoms with E-state index in [0.29, 0.717) is 12.1 Å². The molecule has 0 heterocycles. The van der Waals surface area contributed by atoms with Crippen molar-refractivity contribution >= 4 is 5.97 Å². The first-order chi connectivity index (χ1) is 9.99. The number of aliphatic carboxylic acids is 1. The van der Waals surface area contributed by atoms with E-state index in [-0.39, 0.29) is 5.75 Å². The lowest BCUT2D eigenvalue weighted by Gasteiger charge is -2.20. The zero-order chi connectivity index (χ0) is 15.8. The molecule has 0 fully saturated rings. The first-order valence-electron chi connectivity index (χ1n) is 7.47. The lowest BCUT2D eigenvalue weighted by molar-refractivity contribution is -0.139. The number of rotatable bonds is 9. The molecule has 0 radical (unpaired) electrons. The summed E-state index contributed by atoms with van der Waals surface area (Å²) in [5.74, 6) is -0.956. The van der Waals surface area contributed by atoms with Gasteiger partial charge in [0.15, 0.2) is 0 Å². The first kappa shape index (κ1) is 17.5. The van der Waals surface area contributed by atoms with Gasteiger partial charge in [-0.1, -0.05) is 31.5 Å². The summed E-state index contributed by atoms with van der Waals surface area (Å²) in [7, 11) is 0. The Morgan fingerprint density at radius 1 is 1.33 bits per heavy atom. The van der Waals surface area contributed by atoms with E-state index in [1.165, 1.54) is 6.07 Å². The molecule has 1 aromatic rings. The molecule has 1 aromatic carbocycles. The maximum absolute atomic E-state index is 11.4. The second kappa shape index (κ2) is 8.64. The van der Waals surface area contributed by atoms with Gasteiger partial charge in [0.2, 0.25) is 0 Å². The number of benzene rings is 1. The molecule has 0 bridgehead atoms. The van der Waals surface area contributed by atoms with Gasteiger partial charge >= 0.3 is 5.97 Å². The van der Waals surface area contributed by atoms with Gasteiger partial charge in [0.05, 0.1) is 0 Å². The monoisotopic (exact) mass is 294 g/mol. The van der Waals surface area contributed by atoms with Crippen LogP contribution >= 0.6 is 0 Å². The number of phenolic OH excluding ortho intramolecular Hbond substituents is 1. The molecule has 5 nitrogen and oxygen atoms in total. The number of hydrogen-bond donors (Lipinski definition) is 3. The SMILES string of the molecule is CCN(CC)CCCNC(C(=O)O)c1cc(C)ccc1O. The molecule has 0 aliphatic heterocycles. The Labute approximate surface area is 126 Å². The van der Waals surface area contributed by atoms with Gasteiger partial charge in [0, 0.05) is 5.56 Å². The van der Waals surface area contributed by atoms with Crippen molar-refractivity contribution in [3.63, 3.8) is 0 Å². The van der Waals surface area contributed by atoms with Crippen molar-refractivity contribution < 1.29 is 15.0 Å². The predicted molar refractivity (Wildman–Crippen MR) is 83.6 cm³/mol. The molecule has 0 spiro atoms. The van der Waals surface area contributed by atoms with Crippen LogP contribution in [0.25, 0.3) is 0 Å². The van der Waals surface area contributed by atoms with Crippen LogP contribution in [0.15, 0.2) is 18.2 Å². The number of carboxylic acid groups (broad SMARTS) is 1. The normalized spacial score (nSPS) is 12.6. The molecule has 0 aliphatic carbocycles. The minimum absolute atomic E-state index is 0.0178. The van der Waals surface area contributed by atoms with E-state index in [0.717, 1.165) is 31.6 Å². The number of nitrogens with zero attached hydrogens (tertiary/aromatic N) is 1. The number of aromatic hydroxyl groups is 1. The van der Waals surface area contributed by atoms with Gasteiger partial charge in [-0.05, 0) is 45.6 Å². The van der Waals surface area contributed by atoms with Crippen LogP contribution in [0.4, 0.5) is 0 Å². The van der Waals surface area contributed by atoms with Crippen molar-refractivity contribution in [1.29, 1.82) is 0 Å². The van der Waals surface area contributed by atoms with Gasteiger partial charge in [-0.15, -0.1) is 0 Å². The van der Waals surface area contributed by atoms with Crippen molar-refractivity contribution in [2.24, 2.45) is 0 Å². The van der Waals surface area contributed by atoms with Crippen molar-refractivity contribution in [2.45, 2.75) is 33.2 Å². The summed E-state index contributed by atoms with van der Waals surface area (Å²) >= 11 is 0. The molecule has 0 aliphatic rings. The minimum Gasteiger partial charge on any atom is -0.508 e. The molecule has 118 valence electrons. The predicted octanol–water partition coefficient (Wildman–Crippen LogP) is 2.15. The fraction of sp³-hybridized carbons (Fsp3) is 0.562. The number of hydrogen-bond acceptors (Lipinski definition) is 4. The molecular weight excluding hydrogens is 268 g/mol. The van der Waals surface area contributed by atoms with Crippen LogP contribution in [0.1, 0.15) is 37.4 Å². The van der Waals surface area contributed by atoms with Crippen LogP contribution in [0.5, 0.6) is 5.75 Å². The standard InChI is InChI=1S/C16H26N2O3/c1-4-18(5-2)10-6-9-17-15(16(20)21)13-11-12(3)7-8-14(13)19/h7-8,11,15,17,19H,4-6,9-10H2,1-3H3,(H,20,21). The summed E-state index contributed by atoms with van der Waals surface area (Å²) in [6, 6.07) is 4.14. The average molecular weight is 294 g/mol. The number of nitrogens with one attached hydrogen (secondary N) is 1. The second-order valence-electron chi connectivity index (χ2n) is 5.17. The maximum Gasteiger partial charge on any atom is 0.325 e. The van der Waals surface area contributed by atoms with E-state index in [1.54, 1.807) is 12.1 Å². The van der Waals surface area contributed by atoms with Crippen LogP contribution in [0.3, 0.4) is 0 Å². The van der Waals surface area contributed by atoms with Crippen LogP contribution in [-0.4, -0.2) is 47.3 Å². The third-order valence-corrected chi connectivity index (χ3v) is 3.63. The highest BCUT2D eigenvalue weighted by Gasteiger charge is 2.22. The lowest BCUT2D eigenvalue weighted by Crippen LogP contribution is -2.32. The number of aryl methyl sites for hydroxylation is 1. The van der Waals surface area contributed by atoms with Crippen molar-refractivity contribution in [3.8, 4) is 5.75 Å². The summed E-state index contributed by atoms with van der Waals surface area (Å²) in [5, 5.41) is 22.2. The molecule has 0 saturated carbocycles. The molecule has 1 rings (SSSR count). The van der Waals surface area contributed by atoms with E-state index < -0.39 is 12.0 Å². The molecule has 0 amide bonds. The highest BCUT2D eigenvalue weighted by atomic mass is 16.4. The molecule has 5 heteroatoms. The van der Waals surface area contributed by atoms with Crippen molar-refractivity contribution in [1.82, 2.24) is 10.2 Å². The smallest absolute Gasteiger partial charge is 0.325 e. The Morgan fingerprint density at radius 3 is 2.57 bits per heavy atom. The highest BCUT2D eigenvalue weighted by Crippen LogP contribution is 2.25. The number of carbonyl (C=O) groups is 1. The Kier molecular flexibility index (Phi) is 7.19. The summed E-state index contributed by atoms with van der Waals surface area (Å²) in [4.78, 5) is 13.7. The molecule has 21 heavy (non-hydrogen) atoms. The number of carboxylic acids is 1. The van der Waals surface area contributed by atoms with Crippen LogP contribution in [0, 0.1) is 6.92 Å². The first-order valence-corrected chi connectivity index (χ1v) is 7.47. The van der Waals surface area contributed by atoms with Gasteiger partial charge in [0.1, 0.15) is 11.8 Å². The van der Waals surface area contributed by atoms with Crippen LogP contribution in [0.2, 0.25) is 0 Å². The topological polar surface area (TPSA) is 72.8 Å². The quantitative estimate of drug-likeness (QED) is 0.609. The van der Waals surface area contributed by atoms with Crippen LogP contribution < -0.4 is 5.32 Å². The molecule has 0 saturated heterocycles. The summed E-state index contributed by atoms with van der Waals surface area (Å²) in [6.45, 7) is 9.63. The largest absolute Gasteiger partial charge is 0.508 e. The molecule has 1 unspecified atom stereocenters. The molecular formula is C16H26N2O3. The third-order valence-electron chi connectivity index (χ3n) is 3.63. The van der Waals surface area contributed by atoms with E-state index >= 15 is 0 Å². The van der Waals surface area contributed by atoms with Gasteiger partial charge in [0.25, 0.3) is 0 Å². The minimum atomic E-state index is -0.973. The summed E-state index contributed by atoms with van der Waals surface area (Å²) in [5.41, 5.74) is 1.35. The molecule has 1 atom stereocenters.